The Morgan fingerprint density at radius 3 is 2.20 bits per heavy atom. The van der Waals surface area contributed by atoms with Crippen LogP contribution in [-0.4, -0.2) is 0 Å². The highest BCUT2D eigenvalue weighted by Gasteiger charge is 2.36. The molecule has 0 fully saturated rings. The Balaban J connectivity index is 3.48. The van der Waals surface area contributed by atoms with Crippen molar-refractivity contribution in [1.29, 1.82) is 5.26 Å². The Hall–Kier alpha value is -1.64. The molecule has 1 aromatic rings. The van der Waals surface area contributed by atoms with Gasteiger partial charge in [-0.3, -0.25) is 0 Å². The molecule has 80 valence electrons. The molecule has 0 saturated carbocycles. The molecule has 0 aliphatic carbocycles. The number of nitrogens with zero attached hydrogens (tertiary/aromatic N) is 1. The lowest BCUT2D eigenvalue weighted by molar-refractivity contribution is -0.139. The Bertz CT molecular complexity index is 402. The zero-order valence-corrected chi connectivity index (χ0v) is 7.15. The maximum Gasteiger partial charge on any atom is 0.416 e. The van der Waals surface area contributed by atoms with Gasteiger partial charge in [-0.15, -0.1) is 0 Å². The zero-order valence-electron chi connectivity index (χ0n) is 7.15. The maximum atomic E-state index is 12.4. The largest absolute Gasteiger partial charge is 0.416 e. The van der Waals surface area contributed by atoms with E-state index in [1.165, 1.54) is 6.07 Å². The molecule has 0 unspecified atom stereocenters. The van der Waals surface area contributed by atoms with Crippen LogP contribution in [0.15, 0.2) is 18.2 Å². The summed E-state index contributed by atoms with van der Waals surface area (Å²) in [6.45, 7) is 0. The maximum absolute atomic E-state index is 12.4. The van der Waals surface area contributed by atoms with Gasteiger partial charge in [0.2, 0.25) is 0 Å². The number of hydrogen-bond donors (Lipinski definition) is 0. The van der Waals surface area contributed by atoms with Crippen LogP contribution in [0.1, 0.15) is 23.1 Å². The topological polar surface area (TPSA) is 23.8 Å². The van der Waals surface area contributed by atoms with E-state index in [2.05, 4.69) is 0 Å². The number of hydrogen-bond acceptors (Lipinski definition) is 1. The van der Waals surface area contributed by atoms with E-state index in [1.54, 1.807) is 0 Å². The fourth-order valence-electron chi connectivity index (χ4n) is 1.14. The first-order chi connectivity index (χ1) is 6.88. The molecule has 0 atom stereocenters. The standard InChI is InChI=1S/C9H4F5N/c10-8(11)7-5(4-15)2-1-3-6(7)9(12,13)14/h1-3,8H. The Labute approximate surface area is 81.7 Å². The molecule has 0 saturated heterocycles. The van der Waals surface area contributed by atoms with Crippen LogP contribution in [0, 0.1) is 11.3 Å². The summed E-state index contributed by atoms with van der Waals surface area (Å²) >= 11 is 0. The van der Waals surface area contributed by atoms with Crippen molar-refractivity contribution in [3.05, 3.63) is 34.9 Å². The third kappa shape index (κ3) is 2.24. The Morgan fingerprint density at radius 1 is 1.20 bits per heavy atom. The van der Waals surface area contributed by atoms with Crippen molar-refractivity contribution >= 4 is 0 Å². The average Bonchev–Trinajstić information content (AvgIpc) is 2.15. The second-order valence-electron chi connectivity index (χ2n) is 2.68. The van der Waals surface area contributed by atoms with E-state index in [1.807, 2.05) is 0 Å². The molecule has 0 radical (unpaired) electrons. The number of halogens is 5. The first kappa shape index (κ1) is 11.4. The highest BCUT2D eigenvalue weighted by Crippen LogP contribution is 2.37. The highest BCUT2D eigenvalue weighted by atomic mass is 19.4. The molecule has 0 aromatic heterocycles. The van der Waals surface area contributed by atoms with Gasteiger partial charge >= 0.3 is 6.18 Å². The van der Waals surface area contributed by atoms with Crippen LogP contribution >= 0.6 is 0 Å². The minimum Gasteiger partial charge on any atom is -0.205 e. The van der Waals surface area contributed by atoms with Crippen molar-refractivity contribution in [1.82, 2.24) is 0 Å². The molecular formula is C9H4F5N. The number of alkyl halides is 5. The van der Waals surface area contributed by atoms with Gasteiger partial charge in [-0.25, -0.2) is 8.78 Å². The van der Waals surface area contributed by atoms with E-state index in [0.29, 0.717) is 6.07 Å². The van der Waals surface area contributed by atoms with Crippen LogP contribution in [0.3, 0.4) is 0 Å². The summed E-state index contributed by atoms with van der Waals surface area (Å²) in [6.07, 6.45) is -8.20. The fourth-order valence-corrected chi connectivity index (χ4v) is 1.14. The van der Waals surface area contributed by atoms with Crippen molar-refractivity contribution in [2.45, 2.75) is 12.6 Å². The number of benzene rings is 1. The number of nitriles is 1. The predicted molar refractivity (Wildman–Crippen MR) is 41.1 cm³/mol. The predicted octanol–water partition coefficient (Wildman–Crippen LogP) is 3.51. The van der Waals surface area contributed by atoms with E-state index in [4.69, 9.17) is 5.26 Å². The monoisotopic (exact) mass is 221 g/mol. The van der Waals surface area contributed by atoms with Crippen molar-refractivity contribution in [2.24, 2.45) is 0 Å². The van der Waals surface area contributed by atoms with Gasteiger partial charge in [-0.1, -0.05) is 6.07 Å². The van der Waals surface area contributed by atoms with Crippen molar-refractivity contribution < 1.29 is 22.0 Å². The third-order valence-corrected chi connectivity index (χ3v) is 1.75. The van der Waals surface area contributed by atoms with E-state index in [9.17, 15) is 22.0 Å². The second kappa shape index (κ2) is 3.85. The quantitative estimate of drug-likeness (QED) is 0.665. The van der Waals surface area contributed by atoms with Gasteiger partial charge < -0.3 is 0 Å². The number of rotatable bonds is 1. The molecule has 1 rings (SSSR count). The van der Waals surface area contributed by atoms with Crippen LogP contribution < -0.4 is 0 Å². The lowest BCUT2D eigenvalue weighted by Crippen LogP contribution is -2.10. The molecular weight excluding hydrogens is 217 g/mol. The first-order valence-electron chi connectivity index (χ1n) is 3.76. The van der Waals surface area contributed by atoms with Gasteiger partial charge in [0.15, 0.2) is 0 Å². The van der Waals surface area contributed by atoms with Gasteiger partial charge in [0.1, 0.15) is 0 Å². The van der Waals surface area contributed by atoms with Crippen molar-refractivity contribution in [3.63, 3.8) is 0 Å². The fraction of sp³-hybridized carbons (Fsp3) is 0.222. The van der Waals surface area contributed by atoms with E-state index >= 15 is 0 Å². The van der Waals surface area contributed by atoms with Gasteiger partial charge in [0.05, 0.1) is 17.2 Å². The average molecular weight is 221 g/mol. The molecule has 6 heteroatoms. The lowest BCUT2D eigenvalue weighted by atomic mass is 10.0. The summed E-state index contributed by atoms with van der Waals surface area (Å²) in [6, 6.07) is 3.69. The van der Waals surface area contributed by atoms with E-state index in [-0.39, 0.29) is 0 Å². The summed E-state index contributed by atoms with van der Waals surface area (Å²) in [7, 11) is 0. The first-order valence-corrected chi connectivity index (χ1v) is 3.76. The summed E-state index contributed by atoms with van der Waals surface area (Å²) in [5.74, 6) is 0. The molecule has 0 spiro atoms. The van der Waals surface area contributed by atoms with Gasteiger partial charge in [-0.05, 0) is 12.1 Å². The normalized spacial score (nSPS) is 11.5. The molecule has 0 amide bonds. The highest BCUT2D eigenvalue weighted by molar-refractivity contribution is 5.44. The van der Waals surface area contributed by atoms with E-state index in [0.717, 1.165) is 12.1 Å². The van der Waals surface area contributed by atoms with Crippen molar-refractivity contribution in [3.8, 4) is 6.07 Å². The van der Waals surface area contributed by atoms with Gasteiger partial charge in [-0.2, -0.15) is 18.4 Å². The summed E-state index contributed by atoms with van der Waals surface area (Å²) in [4.78, 5) is 0. The molecule has 1 nitrogen and oxygen atoms in total. The summed E-state index contributed by atoms with van der Waals surface area (Å²) in [5.41, 5.74) is -3.37. The van der Waals surface area contributed by atoms with Crippen molar-refractivity contribution in [2.75, 3.05) is 0 Å². The van der Waals surface area contributed by atoms with Crippen LogP contribution in [0.2, 0.25) is 0 Å². The van der Waals surface area contributed by atoms with E-state index < -0.39 is 29.3 Å². The summed E-state index contributed by atoms with van der Waals surface area (Å²) < 4.78 is 61.6. The molecule has 0 heterocycles. The lowest BCUT2D eigenvalue weighted by Gasteiger charge is -2.12. The third-order valence-electron chi connectivity index (χ3n) is 1.75. The Kier molecular flexibility index (Phi) is 2.93. The summed E-state index contributed by atoms with van der Waals surface area (Å²) in [5, 5.41) is 8.41. The van der Waals surface area contributed by atoms with Gasteiger partial charge in [0.25, 0.3) is 6.43 Å². The minimum absolute atomic E-state index is 0.530. The molecule has 0 aliphatic rings. The molecule has 0 N–H and O–H groups in total. The second-order valence-corrected chi connectivity index (χ2v) is 2.68. The zero-order chi connectivity index (χ0) is 11.6. The van der Waals surface area contributed by atoms with Crippen LogP contribution in [0.5, 0.6) is 0 Å². The van der Waals surface area contributed by atoms with Crippen LogP contribution in [-0.2, 0) is 6.18 Å². The molecule has 1 aromatic carbocycles. The van der Waals surface area contributed by atoms with Crippen LogP contribution in [0.25, 0.3) is 0 Å². The van der Waals surface area contributed by atoms with Crippen LogP contribution in [0.4, 0.5) is 22.0 Å². The Morgan fingerprint density at radius 2 is 1.80 bits per heavy atom. The van der Waals surface area contributed by atoms with Gasteiger partial charge in [0, 0.05) is 5.56 Å². The smallest absolute Gasteiger partial charge is 0.205 e. The molecule has 15 heavy (non-hydrogen) atoms. The molecule has 0 aliphatic heterocycles. The minimum atomic E-state index is -4.88. The SMILES string of the molecule is N#Cc1cccc(C(F)(F)F)c1C(F)F. The molecule has 0 bridgehead atoms.